The average Bonchev–Trinajstić information content (AvgIpc) is 2.68. The van der Waals surface area contributed by atoms with Crippen LogP contribution in [-0.2, 0) is 0 Å². The van der Waals surface area contributed by atoms with Gasteiger partial charge in [0, 0.05) is 17.3 Å². The predicted octanol–water partition coefficient (Wildman–Crippen LogP) is 4.56. The van der Waals surface area contributed by atoms with Crippen molar-refractivity contribution < 1.29 is 9.53 Å². The monoisotopic (exact) mass is 346 g/mol. The summed E-state index contributed by atoms with van der Waals surface area (Å²) in [5, 5.41) is 2.99. The van der Waals surface area contributed by atoms with Crippen LogP contribution < -0.4 is 10.1 Å². The number of aromatic nitrogens is 1. The zero-order chi connectivity index (χ0) is 18.5. The second-order valence-corrected chi connectivity index (χ2v) is 6.23. The Morgan fingerprint density at radius 3 is 2.42 bits per heavy atom. The summed E-state index contributed by atoms with van der Waals surface area (Å²) >= 11 is 0. The van der Waals surface area contributed by atoms with Crippen molar-refractivity contribution in [2.45, 2.75) is 19.9 Å². The van der Waals surface area contributed by atoms with Crippen LogP contribution in [0.4, 0.5) is 0 Å². The lowest BCUT2D eigenvalue weighted by Gasteiger charge is -2.14. The number of methoxy groups -OCH3 is 1. The standard InChI is InChI=1S/C22H22N2O2/c1-15-8-13-20(23-14-15)16(2)24-22(25)18-11-9-17(10-12-18)19-6-4-5-7-21(19)26-3/h4-14,16H,1-3H3,(H,24,25)/t16-/m0/s1. The van der Waals surface area contributed by atoms with Crippen molar-refractivity contribution in [2.75, 3.05) is 7.11 Å². The van der Waals surface area contributed by atoms with Crippen molar-refractivity contribution in [3.8, 4) is 16.9 Å². The molecule has 0 fully saturated rings. The number of rotatable bonds is 5. The Balaban J connectivity index is 1.73. The van der Waals surface area contributed by atoms with E-state index in [1.165, 1.54) is 0 Å². The number of carbonyl (C=O) groups excluding carboxylic acids is 1. The van der Waals surface area contributed by atoms with Crippen molar-refractivity contribution in [2.24, 2.45) is 0 Å². The molecule has 3 rings (SSSR count). The number of nitrogens with one attached hydrogen (secondary N) is 1. The third kappa shape index (κ3) is 3.91. The Kier molecular flexibility index (Phi) is 5.32. The summed E-state index contributed by atoms with van der Waals surface area (Å²) in [5.41, 5.74) is 4.56. The molecular formula is C22H22N2O2. The van der Waals surface area contributed by atoms with Crippen molar-refractivity contribution in [3.05, 3.63) is 83.7 Å². The maximum absolute atomic E-state index is 12.5. The Morgan fingerprint density at radius 1 is 1.04 bits per heavy atom. The highest BCUT2D eigenvalue weighted by atomic mass is 16.5. The minimum atomic E-state index is -0.156. The fourth-order valence-electron chi connectivity index (χ4n) is 2.77. The predicted molar refractivity (Wildman–Crippen MR) is 103 cm³/mol. The Labute approximate surface area is 153 Å². The van der Waals surface area contributed by atoms with Crippen LogP contribution in [0, 0.1) is 6.92 Å². The summed E-state index contributed by atoms with van der Waals surface area (Å²) in [7, 11) is 1.65. The van der Waals surface area contributed by atoms with E-state index in [2.05, 4.69) is 10.3 Å². The Bertz CT molecular complexity index is 887. The largest absolute Gasteiger partial charge is 0.496 e. The number of hydrogen-bond donors (Lipinski definition) is 1. The quantitative estimate of drug-likeness (QED) is 0.737. The molecular weight excluding hydrogens is 324 g/mol. The number of carbonyl (C=O) groups is 1. The topological polar surface area (TPSA) is 51.2 Å². The molecule has 1 atom stereocenters. The van der Waals surface area contributed by atoms with Gasteiger partial charge in [0.25, 0.3) is 5.91 Å². The first-order valence-electron chi connectivity index (χ1n) is 8.55. The third-order valence-corrected chi connectivity index (χ3v) is 4.29. The van der Waals surface area contributed by atoms with Crippen molar-refractivity contribution in [1.82, 2.24) is 10.3 Å². The molecule has 26 heavy (non-hydrogen) atoms. The van der Waals surface area contributed by atoms with Gasteiger partial charge >= 0.3 is 0 Å². The summed E-state index contributed by atoms with van der Waals surface area (Å²) < 4.78 is 5.40. The highest BCUT2D eigenvalue weighted by molar-refractivity contribution is 5.95. The summed E-state index contributed by atoms with van der Waals surface area (Å²) in [6.45, 7) is 3.92. The number of ether oxygens (including phenoxy) is 1. The molecule has 0 aliphatic rings. The molecule has 0 aliphatic heterocycles. The minimum absolute atomic E-state index is 0.119. The van der Waals surface area contributed by atoms with Gasteiger partial charge in [0.15, 0.2) is 0 Å². The number of aryl methyl sites for hydroxylation is 1. The molecule has 2 aromatic carbocycles. The summed E-state index contributed by atoms with van der Waals surface area (Å²) in [6, 6.07) is 19.1. The highest BCUT2D eigenvalue weighted by Gasteiger charge is 2.13. The maximum Gasteiger partial charge on any atom is 0.251 e. The van der Waals surface area contributed by atoms with Crippen LogP contribution in [0.2, 0.25) is 0 Å². The molecule has 0 saturated heterocycles. The van der Waals surface area contributed by atoms with Crippen molar-refractivity contribution in [3.63, 3.8) is 0 Å². The number of amides is 1. The van der Waals surface area contributed by atoms with E-state index in [1.807, 2.05) is 74.5 Å². The van der Waals surface area contributed by atoms with Gasteiger partial charge in [0.1, 0.15) is 5.75 Å². The third-order valence-electron chi connectivity index (χ3n) is 4.29. The number of para-hydroxylation sites is 1. The number of benzene rings is 2. The lowest BCUT2D eigenvalue weighted by molar-refractivity contribution is 0.0939. The molecule has 0 unspecified atom stereocenters. The zero-order valence-electron chi connectivity index (χ0n) is 15.2. The molecule has 4 nitrogen and oxygen atoms in total. The van der Waals surface area contributed by atoms with E-state index < -0.39 is 0 Å². The number of nitrogens with zero attached hydrogens (tertiary/aromatic N) is 1. The van der Waals surface area contributed by atoms with Crippen LogP contribution in [0.3, 0.4) is 0 Å². The first-order valence-corrected chi connectivity index (χ1v) is 8.55. The molecule has 0 radical (unpaired) electrons. The molecule has 1 heterocycles. The van der Waals surface area contributed by atoms with Gasteiger partial charge in [-0.05, 0) is 49.2 Å². The van der Waals surface area contributed by atoms with Crippen molar-refractivity contribution in [1.29, 1.82) is 0 Å². The van der Waals surface area contributed by atoms with Crippen molar-refractivity contribution >= 4 is 5.91 Å². The van der Waals surface area contributed by atoms with Gasteiger partial charge in [0.2, 0.25) is 0 Å². The normalized spacial score (nSPS) is 11.7. The number of hydrogen-bond acceptors (Lipinski definition) is 3. The maximum atomic E-state index is 12.5. The van der Waals surface area contributed by atoms with E-state index in [0.717, 1.165) is 28.1 Å². The number of pyridine rings is 1. The van der Waals surface area contributed by atoms with Crippen LogP contribution in [0.15, 0.2) is 66.9 Å². The van der Waals surface area contributed by atoms with E-state index in [0.29, 0.717) is 5.56 Å². The van der Waals surface area contributed by atoms with E-state index in [1.54, 1.807) is 13.3 Å². The van der Waals surface area contributed by atoms with Gasteiger partial charge in [-0.2, -0.15) is 0 Å². The molecule has 0 spiro atoms. The molecule has 1 N–H and O–H groups in total. The van der Waals surface area contributed by atoms with Crippen LogP contribution in [0.1, 0.15) is 34.6 Å². The molecule has 4 heteroatoms. The lowest BCUT2D eigenvalue weighted by atomic mass is 10.0. The first kappa shape index (κ1) is 17.7. The molecule has 0 bridgehead atoms. The van der Waals surface area contributed by atoms with Crippen LogP contribution in [0.5, 0.6) is 5.75 Å². The molecule has 1 aromatic heterocycles. The first-order chi connectivity index (χ1) is 12.6. The minimum Gasteiger partial charge on any atom is -0.496 e. The van der Waals surface area contributed by atoms with Gasteiger partial charge in [-0.25, -0.2) is 0 Å². The van der Waals surface area contributed by atoms with Gasteiger partial charge in [0.05, 0.1) is 18.8 Å². The highest BCUT2D eigenvalue weighted by Crippen LogP contribution is 2.29. The average molecular weight is 346 g/mol. The van der Waals surface area contributed by atoms with E-state index in [9.17, 15) is 4.79 Å². The molecule has 0 aliphatic carbocycles. The summed E-state index contributed by atoms with van der Waals surface area (Å²) in [6.07, 6.45) is 1.81. The van der Waals surface area contributed by atoms with Crippen LogP contribution in [0.25, 0.3) is 11.1 Å². The SMILES string of the molecule is COc1ccccc1-c1ccc(C(=O)N[C@@H](C)c2ccc(C)cn2)cc1. The second kappa shape index (κ2) is 7.83. The fraction of sp³-hybridized carbons (Fsp3) is 0.182. The van der Waals surface area contributed by atoms with Gasteiger partial charge < -0.3 is 10.1 Å². The Hall–Kier alpha value is -3.14. The van der Waals surface area contributed by atoms with E-state index in [4.69, 9.17) is 4.74 Å². The van der Waals surface area contributed by atoms with E-state index >= 15 is 0 Å². The molecule has 3 aromatic rings. The fourth-order valence-corrected chi connectivity index (χ4v) is 2.77. The summed E-state index contributed by atoms with van der Waals surface area (Å²) in [5.74, 6) is 0.690. The molecule has 132 valence electrons. The van der Waals surface area contributed by atoms with Gasteiger partial charge in [-0.1, -0.05) is 36.4 Å². The van der Waals surface area contributed by atoms with Gasteiger partial charge in [-0.15, -0.1) is 0 Å². The lowest BCUT2D eigenvalue weighted by Crippen LogP contribution is -2.27. The molecule has 1 amide bonds. The second-order valence-electron chi connectivity index (χ2n) is 6.23. The zero-order valence-corrected chi connectivity index (χ0v) is 15.2. The van der Waals surface area contributed by atoms with Crippen LogP contribution in [-0.4, -0.2) is 18.0 Å². The smallest absolute Gasteiger partial charge is 0.251 e. The Morgan fingerprint density at radius 2 is 1.77 bits per heavy atom. The summed E-state index contributed by atoms with van der Waals surface area (Å²) in [4.78, 5) is 16.9. The van der Waals surface area contributed by atoms with Crippen LogP contribution >= 0.6 is 0 Å². The van der Waals surface area contributed by atoms with Gasteiger partial charge in [-0.3, -0.25) is 9.78 Å². The van der Waals surface area contributed by atoms with E-state index in [-0.39, 0.29) is 11.9 Å². The molecule has 0 saturated carbocycles.